The minimum Gasteiger partial charge on any atom is -0.444 e. The molecule has 3 amide bonds. The lowest BCUT2D eigenvalue weighted by Crippen LogP contribution is -2.36. The lowest BCUT2D eigenvalue weighted by atomic mass is 9.74. The molecule has 5 aromatic rings. The van der Waals surface area contributed by atoms with Crippen molar-refractivity contribution in [2.45, 2.75) is 49.6 Å². The largest absolute Gasteiger partial charge is 0.444 e. The molecule has 7 rings (SSSR count). The summed E-state index contributed by atoms with van der Waals surface area (Å²) in [5.41, 5.74) is 5.14. The summed E-state index contributed by atoms with van der Waals surface area (Å²) in [6.07, 6.45) is 1.07. The molecule has 1 aliphatic heterocycles. The number of thiophene rings is 1. The van der Waals surface area contributed by atoms with Crippen LogP contribution in [0.5, 0.6) is 0 Å². The number of aryl methyl sites for hydroxylation is 1. The van der Waals surface area contributed by atoms with Crippen LogP contribution in [0.4, 0.5) is 16.2 Å². The van der Waals surface area contributed by atoms with Crippen LogP contribution in [0.2, 0.25) is 0 Å². The number of anilines is 2. The van der Waals surface area contributed by atoms with Gasteiger partial charge in [0.05, 0.1) is 4.88 Å². The minimum atomic E-state index is -0.620. The number of carbonyl (C=O) groups is 4. The smallest absolute Gasteiger partial charge is 0.412 e. The second kappa shape index (κ2) is 11.1. The fourth-order valence-corrected chi connectivity index (χ4v) is 8.57. The maximum atomic E-state index is 13.9. The molecule has 10 nitrogen and oxygen atoms in total. The van der Waals surface area contributed by atoms with Crippen LogP contribution in [-0.4, -0.2) is 54.6 Å². The number of benzene rings is 2. The van der Waals surface area contributed by atoms with Gasteiger partial charge in [0.25, 0.3) is 11.8 Å². The van der Waals surface area contributed by atoms with Crippen LogP contribution in [0.15, 0.2) is 65.7 Å². The fourth-order valence-electron chi connectivity index (χ4n) is 6.47. The molecular weight excluding hydrogens is 729 g/mol. The second-order valence-corrected chi connectivity index (χ2v) is 15.5. The summed E-state index contributed by atoms with van der Waals surface area (Å²) >= 11 is 3.87. The van der Waals surface area contributed by atoms with Gasteiger partial charge in [-0.15, -0.1) is 11.3 Å². The number of likely N-dealkylation sites (tertiary alicyclic amines) is 1. The zero-order chi connectivity index (χ0) is 33.4. The highest BCUT2D eigenvalue weighted by atomic mass is 127. The molecule has 12 heteroatoms. The number of aromatic nitrogens is 2. The molecule has 240 valence electrons. The number of H-pyrrole nitrogens is 2. The van der Waals surface area contributed by atoms with E-state index in [9.17, 15) is 19.2 Å². The number of allylic oxidation sites excluding steroid dienone is 2. The normalized spacial score (nSPS) is 19.0. The summed E-state index contributed by atoms with van der Waals surface area (Å²) < 4.78 is 5.42. The maximum Gasteiger partial charge on any atom is 0.412 e. The van der Waals surface area contributed by atoms with Crippen LogP contribution < -0.4 is 10.6 Å². The summed E-state index contributed by atoms with van der Waals surface area (Å²) in [5.74, 6) is -0.597. The molecule has 3 aromatic heterocycles. The molecule has 0 spiro atoms. The number of rotatable bonds is 4. The van der Waals surface area contributed by atoms with E-state index in [0.717, 1.165) is 43.5 Å². The Kier molecular flexibility index (Phi) is 7.35. The Morgan fingerprint density at radius 2 is 1.60 bits per heavy atom. The Balaban J connectivity index is 1.08. The molecule has 4 N–H and O–H groups in total. The van der Waals surface area contributed by atoms with E-state index in [1.807, 2.05) is 24.4 Å². The molecular formula is C35H32IN5O5S. The summed E-state index contributed by atoms with van der Waals surface area (Å²) in [6.45, 7) is 10.0. The standard InChI is InChI=1S/C35H32IN5O5S/c1-17-16-47-30-26(42)14-28-35(5,29(17)30)27(36)15-41(28)32(44)25-13-19-10-20(6-8-23(19)40-25)37-31(43)24-12-18-11-21(7-9-22(18)39-24)38-33(45)46-34(2,3)4/h6-14,16,27,39-40H,15H2,1-5H3,(H,37,43)(H,38,45)/t27-,35+/m1/s1. The number of nitrogens with one attached hydrogen (secondary N) is 4. The number of amides is 3. The van der Waals surface area contributed by atoms with Crippen molar-refractivity contribution in [3.63, 3.8) is 0 Å². The van der Waals surface area contributed by atoms with Crippen molar-refractivity contribution in [1.29, 1.82) is 0 Å². The average Bonchev–Trinajstić information content (AvgIpc) is 3.76. The van der Waals surface area contributed by atoms with Gasteiger partial charge in [-0.05, 0) is 99.7 Å². The van der Waals surface area contributed by atoms with Crippen LogP contribution >= 0.6 is 33.9 Å². The van der Waals surface area contributed by atoms with E-state index in [-0.39, 0.29) is 21.5 Å². The Morgan fingerprint density at radius 3 is 2.26 bits per heavy atom. The summed E-state index contributed by atoms with van der Waals surface area (Å²) in [7, 11) is 0. The lowest BCUT2D eigenvalue weighted by molar-refractivity contribution is 0.0635. The molecule has 2 aliphatic rings. The van der Waals surface area contributed by atoms with Crippen molar-refractivity contribution in [1.82, 2.24) is 14.9 Å². The predicted octanol–water partition coefficient (Wildman–Crippen LogP) is 7.92. The number of halogens is 1. The molecule has 0 radical (unpaired) electrons. The van der Waals surface area contributed by atoms with E-state index in [2.05, 4.69) is 50.1 Å². The quantitative estimate of drug-likeness (QED) is 0.109. The third kappa shape index (κ3) is 5.42. The van der Waals surface area contributed by atoms with Crippen LogP contribution in [0.25, 0.3) is 21.8 Å². The van der Waals surface area contributed by atoms with Crippen molar-refractivity contribution in [3.05, 3.63) is 93.1 Å². The third-order valence-corrected chi connectivity index (χ3v) is 11.4. The monoisotopic (exact) mass is 761 g/mol. The van der Waals surface area contributed by atoms with E-state index in [0.29, 0.717) is 29.3 Å². The number of hydrogen-bond acceptors (Lipinski definition) is 6. The van der Waals surface area contributed by atoms with Crippen molar-refractivity contribution in [2.24, 2.45) is 0 Å². The zero-order valence-electron chi connectivity index (χ0n) is 26.3. The van der Waals surface area contributed by atoms with Gasteiger partial charge in [-0.2, -0.15) is 0 Å². The molecule has 2 aromatic carbocycles. The molecule has 47 heavy (non-hydrogen) atoms. The Morgan fingerprint density at radius 1 is 0.979 bits per heavy atom. The number of fused-ring (bicyclic) bond motifs is 5. The van der Waals surface area contributed by atoms with Gasteiger partial charge in [0.15, 0.2) is 5.78 Å². The van der Waals surface area contributed by atoms with Gasteiger partial charge in [-0.25, -0.2) is 4.79 Å². The first-order chi connectivity index (χ1) is 22.2. The van der Waals surface area contributed by atoms with Gasteiger partial charge in [0.2, 0.25) is 0 Å². The number of aromatic amines is 2. The first kappa shape index (κ1) is 31.2. The molecule has 0 bridgehead atoms. The number of hydrogen-bond donors (Lipinski definition) is 4. The molecule has 4 heterocycles. The van der Waals surface area contributed by atoms with Crippen LogP contribution in [0.3, 0.4) is 0 Å². The summed E-state index contributed by atoms with van der Waals surface area (Å²) in [6, 6.07) is 14.2. The van der Waals surface area contributed by atoms with E-state index in [1.54, 1.807) is 68.1 Å². The Labute approximate surface area is 288 Å². The minimum absolute atomic E-state index is 0.0567. The lowest BCUT2D eigenvalue weighted by Gasteiger charge is -2.34. The van der Waals surface area contributed by atoms with Gasteiger partial charge in [-0.1, -0.05) is 22.6 Å². The number of carbonyl (C=O) groups excluding carboxylic acids is 4. The van der Waals surface area contributed by atoms with E-state index >= 15 is 0 Å². The third-order valence-electron chi connectivity index (χ3n) is 8.64. The second-order valence-electron chi connectivity index (χ2n) is 13.2. The molecule has 1 fully saturated rings. The van der Waals surface area contributed by atoms with Crippen molar-refractivity contribution in [3.8, 4) is 0 Å². The van der Waals surface area contributed by atoms with Gasteiger partial charge in [0.1, 0.15) is 17.0 Å². The fraction of sp³-hybridized carbons (Fsp3) is 0.257. The number of ether oxygens (including phenoxy) is 1. The van der Waals surface area contributed by atoms with Crippen molar-refractivity contribution in [2.75, 3.05) is 17.2 Å². The number of nitrogens with zero attached hydrogens (tertiary/aromatic N) is 1. The molecule has 0 saturated carbocycles. The first-order valence-electron chi connectivity index (χ1n) is 15.1. The Bertz CT molecular complexity index is 2190. The maximum absolute atomic E-state index is 13.9. The molecule has 1 saturated heterocycles. The van der Waals surface area contributed by atoms with E-state index < -0.39 is 17.1 Å². The highest BCUT2D eigenvalue weighted by molar-refractivity contribution is 14.1. The molecule has 1 aliphatic carbocycles. The summed E-state index contributed by atoms with van der Waals surface area (Å²) in [4.78, 5) is 61.2. The van der Waals surface area contributed by atoms with Crippen LogP contribution in [0.1, 0.15) is 69.5 Å². The topological polar surface area (TPSA) is 136 Å². The molecule has 0 unspecified atom stereocenters. The number of ketones is 1. The first-order valence-corrected chi connectivity index (χ1v) is 17.2. The highest BCUT2D eigenvalue weighted by Crippen LogP contribution is 2.52. The van der Waals surface area contributed by atoms with Crippen LogP contribution in [0, 0.1) is 6.92 Å². The van der Waals surface area contributed by atoms with Gasteiger partial charge >= 0.3 is 6.09 Å². The van der Waals surface area contributed by atoms with E-state index in [1.165, 1.54) is 11.3 Å². The zero-order valence-corrected chi connectivity index (χ0v) is 29.3. The van der Waals surface area contributed by atoms with E-state index in [4.69, 9.17) is 4.74 Å². The predicted molar refractivity (Wildman–Crippen MR) is 192 cm³/mol. The van der Waals surface area contributed by atoms with Gasteiger partial charge < -0.3 is 24.9 Å². The van der Waals surface area contributed by atoms with Gasteiger partial charge in [0, 0.05) is 60.8 Å². The molecule has 2 atom stereocenters. The van der Waals surface area contributed by atoms with Crippen molar-refractivity contribution < 1.29 is 23.9 Å². The SMILES string of the molecule is Cc1csc2c1[C@]1(C)C(=CC2=O)N(C(=O)c2cc3cc(NC(=O)c4cc5cc(NC(=O)OC(C)(C)C)ccc5[nH]4)ccc3[nH]2)C[C@H]1I. The summed E-state index contributed by atoms with van der Waals surface area (Å²) in [5, 5.41) is 9.17. The van der Waals surface area contributed by atoms with Crippen molar-refractivity contribution >= 4 is 90.8 Å². The number of alkyl halides is 1. The Hall–Kier alpha value is -4.43. The highest BCUT2D eigenvalue weighted by Gasteiger charge is 2.53. The van der Waals surface area contributed by atoms with Gasteiger partial charge in [-0.3, -0.25) is 19.7 Å². The van der Waals surface area contributed by atoms with Crippen LogP contribution in [-0.2, 0) is 10.2 Å². The average molecular weight is 762 g/mol.